The third kappa shape index (κ3) is 4.07. The zero-order valence-corrected chi connectivity index (χ0v) is 16.5. The Balaban J connectivity index is 1.59. The van der Waals surface area contributed by atoms with Crippen LogP contribution < -0.4 is 20.1 Å². The Hall–Kier alpha value is -3.95. The van der Waals surface area contributed by atoms with E-state index in [4.69, 9.17) is 9.47 Å². The predicted octanol–water partition coefficient (Wildman–Crippen LogP) is 3.33. The van der Waals surface area contributed by atoms with Crippen molar-refractivity contribution in [3.8, 4) is 22.9 Å². The topological polar surface area (TPSA) is 98.5 Å². The van der Waals surface area contributed by atoms with Gasteiger partial charge < -0.3 is 20.1 Å². The lowest BCUT2D eigenvalue weighted by Gasteiger charge is -2.08. The second kappa shape index (κ2) is 8.60. The summed E-state index contributed by atoms with van der Waals surface area (Å²) in [4.78, 5) is 13.3. The van der Waals surface area contributed by atoms with Gasteiger partial charge >= 0.3 is 0 Å². The van der Waals surface area contributed by atoms with Crippen molar-refractivity contribution >= 4 is 23.1 Å². The molecule has 10 heteroatoms. The smallest absolute Gasteiger partial charge is 0.256 e. The van der Waals surface area contributed by atoms with Crippen molar-refractivity contribution in [3.63, 3.8) is 0 Å². The molecule has 0 saturated heterocycles. The molecule has 4 rings (SSSR count). The van der Waals surface area contributed by atoms with Crippen molar-refractivity contribution in [2.45, 2.75) is 0 Å². The van der Waals surface area contributed by atoms with Crippen LogP contribution >= 0.6 is 0 Å². The molecule has 0 aliphatic rings. The van der Waals surface area contributed by atoms with Crippen molar-refractivity contribution < 1.29 is 13.9 Å². The number of hydrogen-bond acceptors (Lipinski definition) is 8. The lowest BCUT2D eigenvalue weighted by molar-refractivity contribution is 0.343. The van der Waals surface area contributed by atoms with Gasteiger partial charge in [0.2, 0.25) is 0 Å². The van der Waals surface area contributed by atoms with E-state index in [1.807, 2.05) is 24.4 Å². The number of pyridine rings is 2. The fraction of sp³-hybridized carbons (Fsp3) is 0.200. The van der Waals surface area contributed by atoms with E-state index in [1.54, 1.807) is 36.0 Å². The molecule has 0 atom stereocenters. The van der Waals surface area contributed by atoms with Crippen LogP contribution in [0.15, 0.2) is 48.8 Å². The van der Waals surface area contributed by atoms with E-state index < -0.39 is 6.67 Å². The molecular weight excluding hydrogens is 389 g/mol. The highest BCUT2D eigenvalue weighted by Crippen LogP contribution is 2.29. The molecule has 0 spiro atoms. The van der Waals surface area contributed by atoms with Crippen LogP contribution in [0.1, 0.15) is 0 Å². The van der Waals surface area contributed by atoms with Gasteiger partial charge in [-0.1, -0.05) is 6.07 Å². The highest BCUT2D eigenvalue weighted by atomic mass is 19.1. The zero-order chi connectivity index (χ0) is 20.9. The fourth-order valence-electron chi connectivity index (χ4n) is 2.88. The first-order valence-corrected chi connectivity index (χ1v) is 9.19. The number of rotatable bonds is 8. The van der Waals surface area contributed by atoms with Gasteiger partial charge in [0.25, 0.3) is 5.88 Å². The minimum Gasteiger partial charge on any atom is -0.491 e. The average molecular weight is 409 g/mol. The number of hydrogen-bond donors (Lipinski definition) is 2. The van der Waals surface area contributed by atoms with Gasteiger partial charge in [-0.2, -0.15) is 0 Å². The highest BCUT2D eigenvalue weighted by molar-refractivity contribution is 5.65. The van der Waals surface area contributed by atoms with Crippen LogP contribution in [0, 0.1) is 0 Å². The first kappa shape index (κ1) is 19.4. The molecule has 0 amide bonds. The highest BCUT2D eigenvalue weighted by Gasteiger charge is 2.11. The number of ether oxygens (including phenoxy) is 2. The van der Waals surface area contributed by atoms with E-state index in [1.165, 1.54) is 7.11 Å². The van der Waals surface area contributed by atoms with Crippen molar-refractivity contribution in [2.75, 3.05) is 38.1 Å². The van der Waals surface area contributed by atoms with Gasteiger partial charge in [0, 0.05) is 30.6 Å². The molecular formula is C20H20FN7O2. The zero-order valence-electron chi connectivity index (χ0n) is 16.5. The van der Waals surface area contributed by atoms with Crippen molar-refractivity contribution in [3.05, 3.63) is 48.8 Å². The first-order valence-electron chi connectivity index (χ1n) is 9.19. The van der Waals surface area contributed by atoms with Crippen molar-refractivity contribution in [1.82, 2.24) is 24.6 Å². The molecule has 0 aliphatic carbocycles. The quantitative estimate of drug-likeness (QED) is 0.457. The predicted molar refractivity (Wildman–Crippen MR) is 111 cm³/mol. The lowest BCUT2D eigenvalue weighted by atomic mass is 10.2. The van der Waals surface area contributed by atoms with E-state index in [0.717, 1.165) is 11.3 Å². The Morgan fingerprint density at radius 2 is 1.90 bits per heavy atom. The third-order valence-corrected chi connectivity index (χ3v) is 4.26. The van der Waals surface area contributed by atoms with Gasteiger partial charge in [0.05, 0.1) is 19.9 Å². The molecule has 0 bridgehead atoms. The number of nitrogens with one attached hydrogen (secondary N) is 2. The normalized spacial score (nSPS) is 10.8. The summed E-state index contributed by atoms with van der Waals surface area (Å²) in [5.41, 5.74) is 2.16. The summed E-state index contributed by atoms with van der Waals surface area (Å²) in [5, 5.41) is 10.5. The molecule has 30 heavy (non-hydrogen) atoms. The summed E-state index contributed by atoms with van der Waals surface area (Å²) in [5.74, 6) is 2.70. The largest absolute Gasteiger partial charge is 0.491 e. The van der Waals surface area contributed by atoms with Gasteiger partial charge in [0.1, 0.15) is 18.3 Å². The Labute approximate surface area is 171 Å². The minimum absolute atomic E-state index is 0.211. The number of methoxy groups -OCH3 is 2. The molecule has 0 fully saturated rings. The summed E-state index contributed by atoms with van der Waals surface area (Å²) in [6, 6.07) is 10.9. The Bertz CT molecular complexity index is 1170. The number of halogens is 1. The third-order valence-electron chi connectivity index (χ3n) is 4.26. The van der Waals surface area contributed by atoms with E-state index in [9.17, 15) is 4.39 Å². The molecule has 4 aromatic rings. The van der Waals surface area contributed by atoms with Crippen molar-refractivity contribution in [2.24, 2.45) is 0 Å². The summed E-state index contributed by atoms with van der Waals surface area (Å²) in [6.45, 7) is -0.252. The van der Waals surface area contributed by atoms with E-state index in [2.05, 4.69) is 30.7 Å². The summed E-state index contributed by atoms with van der Waals surface area (Å²) >= 11 is 0. The van der Waals surface area contributed by atoms with Crippen LogP contribution in [0.3, 0.4) is 0 Å². The molecule has 154 valence electrons. The standard InChI is InChI=1S/C20H20FN7O2/c1-29-15-10-13(12-23-20(15)30-2)14-6-9-28-19(24-14)11-18(27-28)26-17-5-3-4-16(25-17)22-8-7-21/h3-6,9-12H,7-8H2,1-2H3,(H2,22,25,26,27). The summed E-state index contributed by atoms with van der Waals surface area (Å²) in [7, 11) is 3.10. The molecule has 0 saturated carbocycles. The van der Waals surface area contributed by atoms with Crippen LogP contribution in [-0.2, 0) is 0 Å². The number of alkyl halides is 1. The van der Waals surface area contributed by atoms with Gasteiger partial charge in [-0.25, -0.2) is 23.9 Å². The SMILES string of the molecule is COc1cc(-c2ccn3nc(Nc4cccc(NCCF)n4)cc3n2)cnc1OC. The minimum atomic E-state index is -0.463. The van der Waals surface area contributed by atoms with Crippen molar-refractivity contribution in [1.29, 1.82) is 0 Å². The van der Waals surface area contributed by atoms with Crippen LogP contribution in [0.25, 0.3) is 16.9 Å². The summed E-state index contributed by atoms with van der Waals surface area (Å²) in [6.07, 6.45) is 3.49. The molecule has 0 aromatic carbocycles. The molecule has 2 N–H and O–H groups in total. The number of nitrogens with zero attached hydrogens (tertiary/aromatic N) is 5. The Morgan fingerprint density at radius 1 is 1.03 bits per heavy atom. The molecule has 0 unspecified atom stereocenters. The van der Waals surface area contributed by atoms with Crippen LogP contribution in [0.5, 0.6) is 11.6 Å². The second-order valence-corrected chi connectivity index (χ2v) is 6.23. The van der Waals surface area contributed by atoms with Gasteiger partial charge in [-0.05, 0) is 24.3 Å². The molecule has 0 aliphatic heterocycles. The Morgan fingerprint density at radius 3 is 2.70 bits per heavy atom. The van der Waals surface area contributed by atoms with Gasteiger partial charge in [-0.3, -0.25) is 0 Å². The lowest BCUT2D eigenvalue weighted by Crippen LogP contribution is -2.05. The van der Waals surface area contributed by atoms with E-state index in [-0.39, 0.29) is 6.54 Å². The monoisotopic (exact) mass is 409 g/mol. The molecule has 9 nitrogen and oxygen atoms in total. The fourth-order valence-corrected chi connectivity index (χ4v) is 2.88. The second-order valence-electron chi connectivity index (χ2n) is 6.23. The molecule has 4 aromatic heterocycles. The molecule has 0 radical (unpaired) electrons. The van der Waals surface area contributed by atoms with Crippen LogP contribution in [0.4, 0.5) is 21.8 Å². The van der Waals surface area contributed by atoms with Gasteiger partial charge in [0.15, 0.2) is 17.2 Å². The van der Waals surface area contributed by atoms with E-state index in [0.29, 0.717) is 34.7 Å². The molecule has 4 heterocycles. The number of aromatic nitrogens is 5. The summed E-state index contributed by atoms with van der Waals surface area (Å²) < 4.78 is 24.5. The first-order chi connectivity index (χ1) is 14.7. The number of fused-ring (bicyclic) bond motifs is 1. The van der Waals surface area contributed by atoms with Crippen LogP contribution in [0.2, 0.25) is 0 Å². The van der Waals surface area contributed by atoms with E-state index >= 15 is 0 Å². The average Bonchev–Trinajstić information content (AvgIpc) is 3.18. The maximum Gasteiger partial charge on any atom is 0.256 e. The maximum atomic E-state index is 12.3. The van der Waals surface area contributed by atoms with Gasteiger partial charge in [-0.15, -0.1) is 5.10 Å². The van der Waals surface area contributed by atoms with Crippen LogP contribution in [-0.4, -0.2) is 52.0 Å². The number of anilines is 3. The maximum absolute atomic E-state index is 12.3. The Kier molecular flexibility index (Phi) is 5.55.